The van der Waals surface area contributed by atoms with Crippen LogP contribution in [-0.4, -0.2) is 34.7 Å². The number of fused-ring (bicyclic) bond motifs is 1. The van der Waals surface area contributed by atoms with E-state index in [9.17, 15) is 9.90 Å². The first kappa shape index (κ1) is 13.9. The second kappa shape index (κ2) is 5.61. The molecule has 89 valence electrons. The van der Waals surface area contributed by atoms with Crippen LogP contribution in [0.5, 0.6) is 5.75 Å². The van der Waals surface area contributed by atoms with Gasteiger partial charge in [-0.25, -0.2) is 0 Å². The molecule has 2 aromatic carbocycles. The number of phenolic OH excluding ortho intramolecular Hbond substituents is 1. The summed E-state index contributed by atoms with van der Waals surface area (Å²) in [6, 6.07) is 15.6. The summed E-state index contributed by atoms with van der Waals surface area (Å²) in [5.74, 6) is 0.444. The standard InChI is InChI=1S/C15H10O3.Na/c16-11-7-4-8-13-15(11)12(17)9-14(18-13)10-5-2-1-3-6-10;/h1-9,16H;. The van der Waals surface area contributed by atoms with Crippen molar-refractivity contribution >= 4 is 40.5 Å². The van der Waals surface area contributed by atoms with Crippen molar-refractivity contribution in [2.75, 3.05) is 0 Å². The Morgan fingerprint density at radius 1 is 0.947 bits per heavy atom. The molecular formula is C15H10NaO3. The molecule has 0 saturated carbocycles. The van der Waals surface area contributed by atoms with Crippen molar-refractivity contribution in [1.82, 2.24) is 0 Å². The largest absolute Gasteiger partial charge is 0.507 e. The molecule has 19 heavy (non-hydrogen) atoms. The van der Waals surface area contributed by atoms with Gasteiger partial charge in [0.25, 0.3) is 0 Å². The molecule has 4 heteroatoms. The summed E-state index contributed by atoms with van der Waals surface area (Å²) in [5.41, 5.74) is 0.981. The van der Waals surface area contributed by atoms with Gasteiger partial charge in [0.15, 0.2) is 5.43 Å². The van der Waals surface area contributed by atoms with Crippen LogP contribution in [0.25, 0.3) is 22.3 Å². The predicted octanol–water partition coefficient (Wildman–Crippen LogP) is 2.78. The minimum absolute atomic E-state index is 0. The van der Waals surface area contributed by atoms with E-state index in [1.54, 1.807) is 12.1 Å². The summed E-state index contributed by atoms with van der Waals surface area (Å²) in [4.78, 5) is 12.0. The molecular weight excluding hydrogens is 251 g/mol. The Morgan fingerprint density at radius 3 is 2.42 bits per heavy atom. The maximum absolute atomic E-state index is 12.0. The molecule has 0 aliphatic heterocycles. The normalized spacial score (nSPS) is 10.1. The Kier molecular flexibility index (Phi) is 4.10. The number of phenols is 1. The van der Waals surface area contributed by atoms with Crippen LogP contribution in [0.2, 0.25) is 0 Å². The second-order valence-corrected chi connectivity index (χ2v) is 3.99. The van der Waals surface area contributed by atoms with Crippen LogP contribution in [0.4, 0.5) is 0 Å². The molecule has 0 atom stereocenters. The minimum atomic E-state index is -0.242. The summed E-state index contributed by atoms with van der Waals surface area (Å²) in [5, 5.41) is 9.87. The topological polar surface area (TPSA) is 50.4 Å². The monoisotopic (exact) mass is 261 g/mol. The van der Waals surface area contributed by atoms with Crippen molar-refractivity contribution in [3.8, 4) is 17.1 Å². The van der Waals surface area contributed by atoms with E-state index in [-0.39, 0.29) is 46.1 Å². The average molecular weight is 261 g/mol. The van der Waals surface area contributed by atoms with Crippen LogP contribution in [0, 0.1) is 0 Å². The Labute approximate surface area is 131 Å². The zero-order valence-corrected chi connectivity index (χ0v) is 12.5. The van der Waals surface area contributed by atoms with Crippen LogP contribution in [0.1, 0.15) is 0 Å². The number of rotatable bonds is 1. The summed E-state index contributed by atoms with van der Waals surface area (Å²) in [6.45, 7) is 0. The Morgan fingerprint density at radius 2 is 1.68 bits per heavy atom. The molecule has 3 rings (SSSR count). The van der Waals surface area contributed by atoms with Gasteiger partial charge < -0.3 is 9.52 Å². The second-order valence-electron chi connectivity index (χ2n) is 3.99. The van der Waals surface area contributed by atoms with E-state index >= 15 is 0 Å². The van der Waals surface area contributed by atoms with Crippen LogP contribution in [0.15, 0.2) is 63.8 Å². The quantitative estimate of drug-likeness (QED) is 0.685. The summed E-state index contributed by atoms with van der Waals surface area (Å²) in [7, 11) is 0. The molecule has 0 amide bonds. The van der Waals surface area contributed by atoms with Gasteiger partial charge in [-0.3, -0.25) is 4.79 Å². The van der Waals surface area contributed by atoms with Crippen molar-refractivity contribution in [3.05, 3.63) is 64.8 Å². The zero-order valence-electron chi connectivity index (χ0n) is 10.5. The summed E-state index contributed by atoms with van der Waals surface area (Å²) < 4.78 is 5.65. The molecule has 0 bridgehead atoms. The van der Waals surface area contributed by atoms with Crippen molar-refractivity contribution in [2.24, 2.45) is 0 Å². The van der Waals surface area contributed by atoms with Gasteiger partial charge in [0, 0.05) is 41.2 Å². The number of hydrogen-bond acceptors (Lipinski definition) is 3. The van der Waals surface area contributed by atoms with Gasteiger partial charge in [-0.05, 0) is 12.1 Å². The van der Waals surface area contributed by atoms with Crippen LogP contribution >= 0.6 is 0 Å². The molecule has 0 aliphatic carbocycles. The van der Waals surface area contributed by atoms with Crippen molar-refractivity contribution < 1.29 is 9.52 Å². The minimum Gasteiger partial charge on any atom is -0.507 e. The molecule has 3 nitrogen and oxygen atoms in total. The van der Waals surface area contributed by atoms with Crippen molar-refractivity contribution in [3.63, 3.8) is 0 Å². The van der Waals surface area contributed by atoms with E-state index in [1.165, 1.54) is 12.1 Å². The molecule has 0 spiro atoms. The van der Waals surface area contributed by atoms with Gasteiger partial charge in [-0.15, -0.1) is 0 Å². The number of benzene rings is 2. The average Bonchev–Trinajstić information content (AvgIpc) is 2.39. The van der Waals surface area contributed by atoms with Gasteiger partial charge in [-0.2, -0.15) is 0 Å². The first-order valence-corrected chi connectivity index (χ1v) is 5.57. The van der Waals surface area contributed by atoms with Gasteiger partial charge in [0.1, 0.15) is 22.5 Å². The zero-order chi connectivity index (χ0) is 12.5. The van der Waals surface area contributed by atoms with Gasteiger partial charge in [-0.1, -0.05) is 36.4 Å². The van der Waals surface area contributed by atoms with Crippen molar-refractivity contribution in [1.29, 1.82) is 0 Å². The molecule has 3 aromatic rings. The predicted molar refractivity (Wildman–Crippen MR) is 75.3 cm³/mol. The molecule has 1 N–H and O–H groups in total. The number of aromatic hydroxyl groups is 1. The molecule has 0 unspecified atom stereocenters. The Bertz CT molecular complexity index is 763. The summed E-state index contributed by atoms with van der Waals surface area (Å²) >= 11 is 0. The van der Waals surface area contributed by atoms with E-state index in [1.807, 2.05) is 30.3 Å². The summed E-state index contributed by atoms with van der Waals surface area (Å²) in [6.07, 6.45) is 0. The molecule has 0 fully saturated rings. The van der Waals surface area contributed by atoms with E-state index < -0.39 is 0 Å². The van der Waals surface area contributed by atoms with Gasteiger partial charge in [0.2, 0.25) is 0 Å². The smallest absolute Gasteiger partial charge is 0.197 e. The third-order valence-electron chi connectivity index (χ3n) is 2.79. The first-order valence-electron chi connectivity index (χ1n) is 5.57. The number of hydrogen-bond donors (Lipinski definition) is 1. The Balaban J connectivity index is 0.00000133. The van der Waals surface area contributed by atoms with Crippen LogP contribution < -0.4 is 5.43 Å². The molecule has 0 aliphatic rings. The third-order valence-corrected chi connectivity index (χ3v) is 2.79. The first-order chi connectivity index (χ1) is 8.75. The fraction of sp³-hybridized carbons (Fsp3) is 0. The molecule has 1 heterocycles. The third kappa shape index (κ3) is 2.59. The fourth-order valence-electron chi connectivity index (χ4n) is 1.94. The molecule has 0 saturated heterocycles. The maximum Gasteiger partial charge on any atom is 0.197 e. The molecule has 1 radical (unpaired) electrons. The van der Waals surface area contributed by atoms with Gasteiger partial charge >= 0.3 is 0 Å². The Hall–Kier alpha value is -1.55. The van der Waals surface area contributed by atoms with Crippen LogP contribution in [0.3, 0.4) is 0 Å². The maximum atomic E-state index is 12.0. The molecule has 1 aromatic heterocycles. The van der Waals surface area contributed by atoms with E-state index in [2.05, 4.69) is 0 Å². The van der Waals surface area contributed by atoms with Crippen molar-refractivity contribution in [2.45, 2.75) is 0 Å². The van der Waals surface area contributed by atoms with E-state index in [0.717, 1.165) is 5.56 Å². The fourth-order valence-corrected chi connectivity index (χ4v) is 1.94. The van der Waals surface area contributed by atoms with Crippen LogP contribution in [-0.2, 0) is 0 Å². The van der Waals surface area contributed by atoms with E-state index in [0.29, 0.717) is 11.3 Å². The van der Waals surface area contributed by atoms with Gasteiger partial charge in [0.05, 0.1) is 0 Å². The van der Waals surface area contributed by atoms with E-state index in [4.69, 9.17) is 4.42 Å². The SMILES string of the molecule is O=c1cc(-c2ccccc2)oc2cccc(O)c12.[Na].